The Morgan fingerprint density at radius 1 is 1.04 bits per heavy atom. The van der Waals surface area contributed by atoms with Crippen molar-refractivity contribution >= 4 is 16.7 Å². The third-order valence-corrected chi connectivity index (χ3v) is 6.25. The molecule has 1 aromatic heterocycles. The molecule has 0 radical (unpaired) electrons. The first kappa shape index (κ1) is 18.9. The molecule has 0 saturated carbocycles. The number of fused-ring (bicyclic) bond motifs is 1. The zero-order chi connectivity index (χ0) is 19.5. The summed E-state index contributed by atoms with van der Waals surface area (Å²) < 4.78 is 2.07. The van der Waals surface area contributed by atoms with Gasteiger partial charge in [-0.25, -0.2) is 0 Å². The van der Waals surface area contributed by atoms with Gasteiger partial charge in [-0.3, -0.25) is 9.69 Å². The predicted molar refractivity (Wildman–Crippen MR) is 115 cm³/mol. The van der Waals surface area contributed by atoms with Gasteiger partial charge < -0.3 is 4.57 Å². The smallest absolute Gasteiger partial charge is 0.167 e. The van der Waals surface area contributed by atoms with E-state index in [2.05, 4.69) is 58.9 Å². The summed E-state index contributed by atoms with van der Waals surface area (Å²) in [7, 11) is 2.02. The highest BCUT2D eigenvalue weighted by atomic mass is 16.1. The van der Waals surface area contributed by atoms with Crippen molar-refractivity contribution in [2.75, 3.05) is 13.1 Å². The topological polar surface area (TPSA) is 25.2 Å². The molecule has 1 atom stereocenters. The summed E-state index contributed by atoms with van der Waals surface area (Å²) in [5, 5.41) is 1.08. The fraction of sp³-hybridized carbons (Fsp3) is 0.400. The number of aryl methyl sites for hydroxylation is 1. The summed E-state index contributed by atoms with van der Waals surface area (Å²) in [6.45, 7) is 5.42. The number of Topliss-reactive ketones (excluding diaryl/α,β-unsaturated/α-hetero) is 1. The van der Waals surface area contributed by atoms with Crippen LogP contribution in [-0.2, 0) is 13.6 Å². The van der Waals surface area contributed by atoms with E-state index in [0.29, 0.717) is 11.7 Å². The fourth-order valence-corrected chi connectivity index (χ4v) is 4.63. The molecular weight excluding hydrogens is 344 g/mol. The summed E-state index contributed by atoms with van der Waals surface area (Å²) >= 11 is 0. The lowest BCUT2D eigenvalue weighted by molar-refractivity contribution is 0.0891. The molecule has 2 heterocycles. The van der Waals surface area contributed by atoms with Crippen LogP contribution in [0.3, 0.4) is 0 Å². The highest BCUT2D eigenvalue weighted by molar-refractivity contribution is 6.09. The molecule has 28 heavy (non-hydrogen) atoms. The number of likely N-dealkylation sites (tertiary alicyclic amines) is 1. The fourth-order valence-electron chi connectivity index (χ4n) is 4.63. The first-order chi connectivity index (χ1) is 13.6. The molecule has 3 aromatic rings. The Hall–Kier alpha value is -2.39. The summed E-state index contributed by atoms with van der Waals surface area (Å²) in [5.74, 6) is 1.03. The molecule has 3 heteroatoms. The van der Waals surface area contributed by atoms with Gasteiger partial charge in [-0.2, -0.15) is 0 Å². The Kier molecular flexibility index (Phi) is 5.63. The molecule has 2 aromatic carbocycles. The molecule has 1 aliphatic heterocycles. The van der Waals surface area contributed by atoms with Crippen LogP contribution >= 0.6 is 0 Å². The van der Waals surface area contributed by atoms with E-state index < -0.39 is 0 Å². The second kappa shape index (κ2) is 8.32. The first-order valence-corrected chi connectivity index (χ1v) is 10.5. The first-order valence-electron chi connectivity index (χ1n) is 10.5. The molecule has 1 saturated heterocycles. The van der Waals surface area contributed by atoms with Gasteiger partial charge in [-0.05, 0) is 49.9 Å². The number of para-hydroxylation sites is 1. The van der Waals surface area contributed by atoms with Crippen molar-refractivity contribution in [1.29, 1.82) is 0 Å². The van der Waals surface area contributed by atoms with Crippen LogP contribution in [0.5, 0.6) is 0 Å². The molecule has 146 valence electrons. The monoisotopic (exact) mass is 374 g/mol. The van der Waals surface area contributed by atoms with E-state index in [1.54, 1.807) is 0 Å². The molecule has 1 aliphatic rings. The Balaban J connectivity index is 1.34. The number of hydrogen-bond donors (Lipinski definition) is 0. The molecular formula is C25H30N2O. The molecule has 0 bridgehead atoms. The second-order valence-electron chi connectivity index (χ2n) is 8.38. The van der Waals surface area contributed by atoms with Crippen molar-refractivity contribution in [3.8, 4) is 0 Å². The Labute approximate surface area is 168 Å². The van der Waals surface area contributed by atoms with Gasteiger partial charge in [0.25, 0.3) is 0 Å². The van der Waals surface area contributed by atoms with Crippen molar-refractivity contribution < 1.29 is 4.79 Å². The lowest BCUT2D eigenvalue weighted by atomic mass is 9.84. The normalized spacial score (nSPS) is 17.1. The van der Waals surface area contributed by atoms with Gasteiger partial charge in [0.05, 0.1) is 0 Å². The molecule has 0 amide bonds. The SMILES string of the molecule is CC(CC1CCN(Cc2ccccc2)CC1)C(=O)c1cn(C)c2ccccc12. The van der Waals surface area contributed by atoms with E-state index in [9.17, 15) is 4.79 Å². The number of hydrogen-bond acceptors (Lipinski definition) is 2. The molecule has 0 aliphatic carbocycles. The Morgan fingerprint density at radius 2 is 1.71 bits per heavy atom. The van der Waals surface area contributed by atoms with Crippen LogP contribution in [0.2, 0.25) is 0 Å². The molecule has 4 rings (SSSR count). The molecule has 1 fully saturated rings. The van der Waals surface area contributed by atoms with E-state index in [-0.39, 0.29) is 5.92 Å². The summed E-state index contributed by atoms with van der Waals surface area (Å²) in [6, 6.07) is 18.9. The zero-order valence-corrected chi connectivity index (χ0v) is 17.0. The summed E-state index contributed by atoms with van der Waals surface area (Å²) in [5.41, 5.74) is 3.40. The van der Waals surface area contributed by atoms with Crippen LogP contribution in [-0.4, -0.2) is 28.3 Å². The maximum Gasteiger partial charge on any atom is 0.167 e. The predicted octanol–water partition coefficient (Wildman–Crippen LogP) is 5.30. The van der Waals surface area contributed by atoms with Gasteiger partial charge in [-0.1, -0.05) is 55.5 Å². The average molecular weight is 375 g/mol. The maximum absolute atomic E-state index is 13.1. The van der Waals surface area contributed by atoms with Crippen LogP contribution in [0.4, 0.5) is 0 Å². The average Bonchev–Trinajstić information content (AvgIpc) is 3.06. The number of carbonyl (C=O) groups excluding carboxylic acids is 1. The van der Waals surface area contributed by atoms with Crippen LogP contribution in [0.15, 0.2) is 60.8 Å². The molecule has 0 spiro atoms. The minimum atomic E-state index is 0.0801. The molecule has 0 N–H and O–H groups in total. The minimum Gasteiger partial charge on any atom is -0.350 e. The van der Waals surface area contributed by atoms with Gasteiger partial charge in [0.15, 0.2) is 5.78 Å². The Morgan fingerprint density at radius 3 is 2.46 bits per heavy atom. The number of rotatable bonds is 6. The van der Waals surface area contributed by atoms with Crippen molar-refractivity contribution in [1.82, 2.24) is 9.47 Å². The van der Waals surface area contributed by atoms with E-state index >= 15 is 0 Å². The van der Waals surface area contributed by atoms with Gasteiger partial charge in [-0.15, -0.1) is 0 Å². The van der Waals surface area contributed by atoms with E-state index in [1.807, 2.05) is 25.4 Å². The second-order valence-corrected chi connectivity index (χ2v) is 8.38. The van der Waals surface area contributed by atoms with Gasteiger partial charge in [0.1, 0.15) is 0 Å². The largest absolute Gasteiger partial charge is 0.350 e. The van der Waals surface area contributed by atoms with Gasteiger partial charge in [0, 0.05) is 42.2 Å². The van der Waals surface area contributed by atoms with Crippen molar-refractivity contribution in [3.05, 3.63) is 71.9 Å². The van der Waals surface area contributed by atoms with Crippen LogP contribution in [0.25, 0.3) is 10.9 Å². The highest BCUT2D eigenvalue weighted by Crippen LogP contribution is 2.29. The number of ketones is 1. The van der Waals surface area contributed by atoms with Crippen LogP contribution < -0.4 is 0 Å². The van der Waals surface area contributed by atoms with Crippen LogP contribution in [0, 0.1) is 11.8 Å². The van der Waals surface area contributed by atoms with E-state index in [4.69, 9.17) is 0 Å². The third-order valence-electron chi connectivity index (χ3n) is 6.25. The van der Waals surface area contributed by atoms with Crippen molar-refractivity contribution in [3.63, 3.8) is 0 Å². The quantitative estimate of drug-likeness (QED) is 0.547. The van der Waals surface area contributed by atoms with Crippen molar-refractivity contribution in [2.24, 2.45) is 18.9 Å². The summed E-state index contributed by atoms with van der Waals surface area (Å²) in [6.07, 6.45) is 5.40. The lowest BCUT2D eigenvalue weighted by Gasteiger charge is -2.33. The summed E-state index contributed by atoms with van der Waals surface area (Å²) in [4.78, 5) is 15.7. The van der Waals surface area contributed by atoms with Crippen molar-refractivity contribution in [2.45, 2.75) is 32.7 Å². The van der Waals surface area contributed by atoms with E-state index in [1.165, 1.54) is 18.4 Å². The number of carbonyl (C=O) groups is 1. The number of piperidine rings is 1. The third kappa shape index (κ3) is 4.05. The molecule has 3 nitrogen and oxygen atoms in total. The maximum atomic E-state index is 13.1. The standard InChI is InChI=1S/C25H30N2O/c1-19(25(28)23-18-26(2)24-11-7-6-10-22(23)24)16-20-12-14-27(15-13-20)17-21-8-4-3-5-9-21/h3-11,18-20H,12-17H2,1-2H3. The number of aromatic nitrogens is 1. The number of nitrogens with zero attached hydrogens (tertiary/aromatic N) is 2. The van der Waals surface area contributed by atoms with Crippen LogP contribution in [0.1, 0.15) is 42.1 Å². The number of benzene rings is 2. The minimum absolute atomic E-state index is 0.0801. The zero-order valence-electron chi connectivity index (χ0n) is 17.0. The van der Waals surface area contributed by atoms with E-state index in [0.717, 1.165) is 42.5 Å². The molecule has 1 unspecified atom stereocenters. The van der Waals surface area contributed by atoms with Gasteiger partial charge >= 0.3 is 0 Å². The van der Waals surface area contributed by atoms with Gasteiger partial charge in [0.2, 0.25) is 0 Å². The highest BCUT2D eigenvalue weighted by Gasteiger charge is 2.25. The Bertz CT molecular complexity index is 936. The lowest BCUT2D eigenvalue weighted by Crippen LogP contribution is -2.34.